The highest BCUT2D eigenvalue weighted by molar-refractivity contribution is 7.18. The number of nitrogens with two attached hydrogens (primary N) is 1. The first kappa shape index (κ1) is 13.0. The Bertz CT molecular complexity index is 573. The van der Waals surface area contributed by atoms with Crippen molar-refractivity contribution in [3.63, 3.8) is 0 Å². The van der Waals surface area contributed by atoms with E-state index in [1.807, 2.05) is 0 Å². The molecule has 1 aliphatic rings. The highest BCUT2D eigenvalue weighted by Crippen LogP contribution is 2.39. The molecular weight excluding hydrogens is 259 g/mol. The van der Waals surface area contributed by atoms with Crippen LogP contribution in [0.3, 0.4) is 0 Å². The van der Waals surface area contributed by atoms with Crippen LogP contribution in [0.1, 0.15) is 37.1 Å². The fraction of sp³-hybridized carbons (Fsp3) is 0.533. The molecule has 19 heavy (non-hydrogen) atoms. The van der Waals surface area contributed by atoms with Crippen LogP contribution in [0.4, 0.5) is 4.39 Å². The van der Waals surface area contributed by atoms with E-state index in [0.717, 1.165) is 28.2 Å². The van der Waals surface area contributed by atoms with E-state index in [0.29, 0.717) is 0 Å². The Balaban J connectivity index is 1.87. The number of nitrogens with zero attached hydrogens (tertiary/aromatic N) is 1. The minimum atomic E-state index is -0.186. The molecular formula is C15H19FN2S. The lowest BCUT2D eigenvalue weighted by molar-refractivity contribution is 0.197. The van der Waals surface area contributed by atoms with Crippen LogP contribution in [0.25, 0.3) is 10.2 Å². The topological polar surface area (TPSA) is 38.9 Å². The van der Waals surface area contributed by atoms with Crippen LogP contribution in [0.5, 0.6) is 0 Å². The van der Waals surface area contributed by atoms with E-state index in [1.165, 1.54) is 38.2 Å². The Hall–Kier alpha value is -1.000. The zero-order chi connectivity index (χ0) is 13.3. The van der Waals surface area contributed by atoms with Gasteiger partial charge >= 0.3 is 0 Å². The summed E-state index contributed by atoms with van der Waals surface area (Å²) in [7, 11) is 0. The van der Waals surface area contributed by atoms with Gasteiger partial charge in [-0.1, -0.05) is 19.3 Å². The average molecular weight is 278 g/mol. The standard InChI is InChI=1S/C15H19FN2S/c16-11-4-5-12-13(8-11)19-14(18-12)9-15(10-17)6-2-1-3-7-15/h4-5,8H,1-3,6-7,9-10,17H2. The minimum Gasteiger partial charge on any atom is -0.330 e. The van der Waals surface area contributed by atoms with Gasteiger partial charge in [0.2, 0.25) is 0 Å². The summed E-state index contributed by atoms with van der Waals surface area (Å²) in [5.74, 6) is -0.186. The zero-order valence-corrected chi connectivity index (χ0v) is 11.8. The van der Waals surface area contributed by atoms with Crippen molar-refractivity contribution in [2.45, 2.75) is 38.5 Å². The summed E-state index contributed by atoms with van der Waals surface area (Å²) in [6.07, 6.45) is 7.23. The van der Waals surface area contributed by atoms with Gasteiger partial charge in [-0.25, -0.2) is 9.37 Å². The number of benzene rings is 1. The van der Waals surface area contributed by atoms with Crippen LogP contribution in [0, 0.1) is 11.2 Å². The molecule has 0 saturated heterocycles. The lowest BCUT2D eigenvalue weighted by Gasteiger charge is -2.35. The van der Waals surface area contributed by atoms with Gasteiger partial charge in [0.1, 0.15) is 5.82 Å². The number of halogens is 1. The quantitative estimate of drug-likeness (QED) is 0.925. The molecule has 2 N–H and O–H groups in total. The molecule has 0 aliphatic heterocycles. The molecule has 2 nitrogen and oxygen atoms in total. The summed E-state index contributed by atoms with van der Waals surface area (Å²) in [5, 5.41) is 1.10. The SMILES string of the molecule is NCC1(Cc2nc3ccc(F)cc3s2)CCCCC1. The van der Waals surface area contributed by atoms with Crippen molar-refractivity contribution in [1.29, 1.82) is 0 Å². The molecule has 2 aromatic rings. The van der Waals surface area contributed by atoms with E-state index in [2.05, 4.69) is 4.98 Å². The third kappa shape index (κ3) is 2.65. The van der Waals surface area contributed by atoms with Crippen molar-refractivity contribution >= 4 is 21.6 Å². The molecule has 102 valence electrons. The van der Waals surface area contributed by atoms with Crippen LogP contribution in [0.15, 0.2) is 18.2 Å². The van der Waals surface area contributed by atoms with Crippen molar-refractivity contribution in [2.24, 2.45) is 11.1 Å². The van der Waals surface area contributed by atoms with Crippen molar-refractivity contribution < 1.29 is 4.39 Å². The molecule has 4 heteroatoms. The third-order valence-electron chi connectivity index (χ3n) is 4.27. The summed E-state index contributed by atoms with van der Waals surface area (Å²) >= 11 is 1.61. The summed E-state index contributed by atoms with van der Waals surface area (Å²) in [5.41, 5.74) is 7.15. The molecule has 1 aromatic carbocycles. The van der Waals surface area contributed by atoms with Crippen molar-refractivity contribution in [1.82, 2.24) is 4.98 Å². The fourth-order valence-corrected chi connectivity index (χ4v) is 4.26. The number of fused-ring (bicyclic) bond motifs is 1. The average Bonchev–Trinajstić information content (AvgIpc) is 2.81. The van der Waals surface area contributed by atoms with Crippen LogP contribution < -0.4 is 5.73 Å². The Morgan fingerprint density at radius 2 is 2.05 bits per heavy atom. The number of hydrogen-bond donors (Lipinski definition) is 1. The molecule has 0 spiro atoms. The van der Waals surface area contributed by atoms with Crippen molar-refractivity contribution in [3.8, 4) is 0 Å². The lowest BCUT2D eigenvalue weighted by atomic mass is 9.72. The van der Waals surface area contributed by atoms with E-state index in [9.17, 15) is 4.39 Å². The van der Waals surface area contributed by atoms with E-state index in [-0.39, 0.29) is 11.2 Å². The molecule has 0 unspecified atom stereocenters. The first-order valence-corrected chi connectivity index (χ1v) is 7.77. The number of rotatable bonds is 3. The van der Waals surface area contributed by atoms with Gasteiger partial charge < -0.3 is 5.73 Å². The van der Waals surface area contributed by atoms with Crippen LogP contribution in [-0.4, -0.2) is 11.5 Å². The number of aromatic nitrogens is 1. The van der Waals surface area contributed by atoms with Gasteiger partial charge in [-0.2, -0.15) is 0 Å². The van der Waals surface area contributed by atoms with Crippen LogP contribution >= 0.6 is 11.3 Å². The van der Waals surface area contributed by atoms with Gasteiger partial charge in [-0.05, 0) is 43.0 Å². The smallest absolute Gasteiger partial charge is 0.124 e. The molecule has 3 rings (SSSR count). The summed E-state index contributed by atoms with van der Waals surface area (Å²) in [6.45, 7) is 0.733. The molecule has 1 aromatic heterocycles. The Morgan fingerprint density at radius 3 is 2.79 bits per heavy atom. The molecule has 0 bridgehead atoms. The van der Waals surface area contributed by atoms with Gasteiger partial charge in [0.15, 0.2) is 0 Å². The lowest BCUT2D eigenvalue weighted by Crippen LogP contribution is -2.34. The second-order valence-electron chi connectivity index (χ2n) is 5.66. The zero-order valence-electron chi connectivity index (χ0n) is 11.0. The number of thiazole rings is 1. The maximum Gasteiger partial charge on any atom is 0.124 e. The number of hydrogen-bond acceptors (Lipinski definition) is 3. The second-order valence-corrected chi connectivity index (χ2v) is 6.78. The van der Waals surface area contributed by atoms with Gasteiger partial charge in [0, 0.05) is 6.42 Å². The molecule has 1 saturated carbocycles. The van der Waals surface area contributed by atoms with E-state index < -0.39 is 0 Å². The molecule has 0 amide bonds. The largest absolute Gasteiger partial charge is 0.330 e. The normalized spacial score (nSPS) is 18.8. The van der Waals surface area contributed by atoms with Crippen LogP contribution in [-0.2, 0) is 6.42 Å². The van der Waals surface area contributed by atoms with Crippen molar-refractivity contribution in [2.75, 3.05) is 6.54 Å². The molecule has 1 aliphatic carbocycles. The highest BCUT2D eigenvalue weighted by Gasteiger charge is 2.31. The Morgan fingerprint density at radius 1 is 1.26 bits per heavy atom. The fourth-order valence-electron chi connectivity index (χ4n) is 3.10. The van der Waals surface area contributed by atoms with E-state index >= 15 is 0 Å². The van der Waals surface area contributed by atoms with Gasteiger partial charge in [0.05, 0.1) is 15.2 Å². The second kappa shape index (κ2) is 5.17. The van der Waals surface area contributed by atoms with Gasteiger partial charge in [-0.15, -0.1) is 11.3 Å². The maximum absolute atomic E-state index is 13.2. The highest BCUT2D eigenvalue weighted by atomic mass is 32.1. The molecule has 1 heterocycles. The molecule has 1 fully saturated rings. The van der Waals surface area contributed by atoms with Gasteiger partial charge in [-0.3, -0.25) is 0 Å². The van der Waals surface area contributed by atoms with Crippen molar-refractivity contribution in [3.05, 3.63) is 29.0 Å². The molecule has 0 atom stereocenters. The minimum absolute atomic E-state index is 0.186. The Labute approximate surface area is 116 Å². The summed E-state index contributed by atoms with van der Waals surface area (Å²) in [4.78, 5) is 4.64. The third-order valence-corrected chi connectivity index (χ3v) is 5.29. The first-order valence-electron chi connectivity index (χ1n) is 6.96. The first-order chi connectivity index (χ1) is 9.21. The summed E-state index contributed by atoms with van der Waals surface area (Å²) < 4.78 is 14.1. The van der Waals surface area contributed by atoms with Crippen LogP contribution in [0.2, 0.25) is 0 Å². The Kier molecular flexibility index (Phi) is 3.54. The van der Waals surface area contributed by atoms with Gasteiger partial charge in [0.25, 0.3) is 0 Å². The van der Waals surface area contributed by atoms with E-state index in [1.54, 1.807) is 23.5 Å². The van der Waals surface area contributed by atoms with E-state index in [4.69, 9.17) is 5.73 Å². The predicted molar refractivity (Wildman–Crippen MR) is 77.9 cm³/mol. The monoisotopic (exact) mass is 278 g/mol. The maximum atomic E-state index is 13.2. The summed E-state index contributed by atoms with van der Waals surface area (Å²) in [6, 6.07) is 4.82. The molecule has 0 radical (unpaired) electrons. The predicted octanol–water partition coefficient (Wildman–Crippen LogP) is 3.89.